The topological polar surface area (TPSA) is 37.4 Å². The molecule has 0 atom stereocenters. The van der Waals surface area contributed by atoms with E-state index in [0.29, 0.717) is 11.3 Å². The molecule has 1 aromatic carbocycles. The van der Waals surface area contributed by atoms with E-state index in [4.69, 9.17) is 0 Å². The van der Waals surface area contributed by atoms with Crippen molar-refractivity contribution in [1.82, 2.24) is 0 Å². The second-order valence-electron chi connectivity index (χ2n) is 4.19. The fourth-order valence-corrected chi connectivity index (χ4v) is 1.53. The van der Waals surface area contributed by atoms with Crippen LogP contribution in [0.3, 0.4) is 0 Å². The van der Waals surface area contributed by atoms with E-state index in [1.54, 1.807) is 31.3 Å². The Bertz CT molecular complexity index is 471. The Morgan fingerprint density at radius 1 is 1.12 bits per heavy atom. The van der Waals surface area contributed by atoms with Crippen molar-refractivity contribution < 1.29 is 9.59 Å². The lowest BCUT2D eigenvalue weighted by Crippen LogP contribution is -2.26. The summed E-state index contributed by atoms with van der Waals surface area (Å²) in [5.74, 6) is -0.170. The number of carbonyl (C=O) groups excluding carboxylic acids is 2. The molecule has 17 heavy (non-hydrogen) atoms. The summed E-state index contributed by atoms with van der Waals surface area (Å²) in [6, 6.07) is 7.10. The summed E-state index contributed by atoms with van der Waals surface area (Å²) in [5, 5.41) is 0. The molecule has 1 rings (SSSR count). The van der Waals surface area contributed by atoms with Crippen LogP contribution in [0.4, 0.5) is 5.69 Å². The number of amides is 1. The molecule has 1 aromatic rings. The van der Waals surface area contributed by atoms with Crippen LogP contribution >= 0.6 is 0 Å². The van der Waals surface area contributed by atoms with Crippen LogP contribution in [0, 0.1) is 0 Å². The average Bonchev–Trinajstić information content (AvgIpc) is 2.27. The van der Waals surface area contributed by atoms with Crippen LogP contribution in [0.2, 0.25) is 0 Å². The molecule has 0 saturated heterocycles. The van der Waals surface area contributed by atoms with E-state index in [9.17, 15) is 9.59 Å². The number of anilines is 1. The second kappa shape index (κ2) is 5.43. The van der Waals surface area contributed by atoms with Gasteiger partial charge in [-0.25, -0.2) is 0 Å². The standard InChI is InChI=1S/C14H17NO2/c1-10(2)9-14(17)15(4)13-8-6-5-7-12(13)11(3)16/h5-9H,1-4H3. The largest absolute Gasteiger partial charge is 0.311 e. The molecular weight excluding hydrogens is 214 g/mol. The predicted octanol–water partition coefficient (Wildman–Crippen LogP) is 2.82. The molecule has 3 heteroatoms. The van der Waals surface area contributed by atoms with Gasteiger partial charge in [0.15, 0.2) is 5.78 Å². The Hall–Kier alpha value is -1.90. The van der Waals surface area contributed by atoms with Gasteiger partial charge in [0.05, 0.1) is 5.69 Å². The number of hydrogen-bond acceptors (Lipinski definition) is 2. The first kappa shape index (κ1) is 13.2. The minimum absolute atomic E-state index is 0.0440. The Morgan fingerprint density at radius 3 is 2.24 bits per heavy atom. The number of nitrogens with zero attached hydrogens (tertiary/aromatic N) is 1. The highest BCUT2D eigenvalue weighted by Crippen LogP contribution is 2.20. The maximum Gasteiger partial charge on any atom is 0.250 e. The summed E-state index contributed by atoms with van der Waals surface area (Å²) in [7, 11) is 1.67. The first-order chi connectivity index (χ1) is 7.93. The number of likely N-dealkylation sites (N-methyl/N-ethyl adjacent to an activating group) is 1. The summed E-state index contributed by atoms with van der Waals surface area (Å²) < 4.78 is 0. The summed E-state index contributed by atoms with van der Waals surface area (Å²) in [6.45, 7) is 5.23. The van der Waals surface area contributed by atoms with Gasteiger partial charge in [0.25, 0.3) is 5.91 Å². The van der Waals surface area contributed by atoms with Crippen molar-refractivity contribution in [2.24, 2.45) is 0 Å². The van der Waals surface area contributed by atoms with E-state index in [-0.39, 0.29) is 11.7 Å². The number of allylic oxidation sites excluding steroid dienone is 1. The molecule has 0 fully saturated rings. The lowest BCUT2D eigenvalue weighted by Gasteiger charge is -2.18. The van der Waals surface area contributed by atoms with Crippen molar-refractivity contribution in [3.63, 3.8) is 0 Å². The zero-order chi connectivity index (χ0) is 13.0. The van der Waals surface area contributed by atoms with Crippen LogP contribution < -0.4 is 4.90 Å². The van der Waals surface area contributed by atoms with Crippen LogP contribution in [0.15, 0.2) is 35.9 Å². The van der Waals surface area contributed by atoms with Gasteiger partial charge in [-0.1, -0.05) is 17.7 Å². The van der Waals surface area contributed by atoms with E-state index < -0.39 is 0 Å². The third kappa shape index (κ3) is 3.28. The number of Topliss-reactive ketones (excluding diaryl/α,β-unsaturated/α-hetero) is 1. The van der Waals surface area contributed by atoms with Gasteiger partial charge in [-0.15, -0.1) is 0 Å². The third-order valence-electron chi connectivity index (χ3n) is 2.39. The molecule has 0 aromatic heterocycles. The SMILES string of the molecule is CC(=O)c1ccccc1N(C)C(=O)C=C(C)C. The maximum absolute atomic E-state index is 11.9. The van der Waals surface area contributed by atoms with Crippen LogP contribution in [0.25, 0.3) is 0 Å². The second-order valence-corrected chi connectivity index (χ2v) is 4.19. The van der Waals surface area contributed by atoms with Crippen LogP contribution in [0.1, 0.15) is 31.1 Å². The first-order valence-corrected chi connectivity index (χ1v) is 5.46. The fraction of sp³-hybridized carbons (Fsp3) is 0.286. The molecule has 0 bridgehead atoms. The van der Waals surface area contributed by atoms with Gasteiger partial charge in [-0.3, -0.25) is 9.59 Å². The van der Waals surface area contributed by atoms with Gasteiger partial charge >= 0.3 is 0 Å². The van der Waals surface area contributed by atoms with E-state index in [0.717, 1.165) is 5.57 Å². The normalized spacial score (nSPS) is 9.65. The molecule has 3 nitrogen and oxygen atoms in total. The van der Waals surface area contributed by atoms with Crippen LogP contribution in [-0.2, 0) is 4.79 Å². The molecule has 90 valence electrons. The van der Waals surface area contributed by atoms with Gasteiger partial charge in [0.1, 0.15) is 0 Å². The van der Waals surface area contributed by atoms with Gasteiger partial charge in [0.2, 0.25) is 0 Å². The summed E-state index contributed by atoms with van der Waals surface area (Å²) >= 11 is 0. The molecule has 0 heterocycles. The van der Waals surface area contributed by atoms with Crippen molar-refractivity contribution in [3.8, 4) is 0 Å². The van der Waals surface area contributed by atoms with Crippen molar-refractivity contribution in [2.75, 3.05) is 11.9 Å². The van der Waals surface area contributed by atoms with E-state index >= 15 is 0 Å². The number of ketones is 1. The lowest BCUT2D eigenvalue weighted by atomic mass is 10.1. The molecule has 0 saturated carbocycles. The van der Waals surface area contributed by atoms with Crippen molar-refractivity contribution in [1.29, 1.82) is 0 Å². The van der Waals surface area contributed by atoms with Crippen LogP contribution in [-0.4, -0.2) is 18.7 Å². The summed E-state index contributed by atoms with van der Waals surface area (Å²) in [5.41, 5.74) is 2.13. The highest BCUT2D eigenvalue weighted by atomic mass is 16.2. The molecule has 1 amide bonds. The first-order valence-electron chi connectivity index (χ1n) is 5.46. The van der Waals surface area contributed by atoms with Crippen LogP contribution in [0.5, 0.6) is 0 Å². The highest BCUT2D eigenvalue weighted by Gasteiger charge is 2.14. The lowest BCUT2D eigenvalue weighted by molar-refractivity contribution is -0.113. The Labute approximate surface area is 102 Å². The van der Waals surface area contributed by atoms with Crippen molar-refractivity contribution in [2.45, 2.75) is 20.8 Å². The zero-order valence-electron chi connectivity index (χ0n) is 10.7. The minimum atomic E-state index is -0.126. The Balaban J connectivity index is 3.12. The Kier molecular flexibility index (Phi) is 4.21. The Morgan fingerprint density at radius 2 is 1.71 bits per heavy atom. The fourth-order valence-electron chi connectivity index (χ4n) is 1.53. The molecular formula is C14H17NO2. The van der Waals surface area contributed by atoms with Gasteiger partial charge in [-0.2, -0.15) is 0 Å². The molecule has 0 aliphatic carbocycles. The number of para-hydroxylation sites is 1. The summed E-state index contributed by atoms with van der Waals surface area (Å²) in [4.78, 5) is 24.8. The smallest absolute Gasteiger partial charge is 0.250 e. The number of hydrogen-bond donors (Lipinski definition) is 0. The average molecular weight is 231 g/mol. The predicted molar refractivity (Wildman–Crippen MR) is 69.3 cm³/mol. The van der Waals surface area contributed by atoms with Crippen molar-refractivity contribution in [3.05, 3.63) is 41.5 Å². The zero-order valence-corrected chi connectivity index (χ0v) is 10.7. The molecule has 0 aliphatic heterocycles. The molecule has 0 N–H and O–H groups in total. The molecule has 0 radical (unpaired) electrons. The highest BCUT2D eigenvalue weighted by molar-refractivity contribution is 6.07. The number of rotatable bonds is 3. The maximum atomic E-state index is 11.9. The van der Waals surface area contributed by atoms with Gasteiger partial charge in [-0.05, 0) is 32.9 Å². The summed E-state index contributed by atoms with van der Waals surface area (Å²) in [6.07, 6.45) is 1.55. The third-order valence-corrected chi connectivity index (χ3v) is 2.39. The van der Waals surface area contributed by atoms with Gasteiger partial charge in [0, 0.05) is 18.7 Å². The number of benzene rings is 1. The molecule has 0 spiro atoms. The minimum Gasteiger partial charge on any atom is -0.311 e. The van der Waals surface area contributed by atoms with E-state index in [1.165, 1.54) is 11.8 Å². The van der Waals surface area contributed by atoms with Gasteiger partial charge < -0.3 is 4.90 Å². The molecule has 0 unspecified atom stereocenters. The molecule has 0 aliphatic rings. The van der Waals surface area contributed by atoms with E-state index in [2.05, 4.69) is 0 Å². The van der Waals surface area contributed by atoms with E-state index in [1.807, 2.05) is 19.9 Å². The van der Waals surface area contributed by atoms with Crippen molar-refractivity contribution >= 4 is 17.4 Å². The number of carbonyl (C=O) groups is 2. The quantitative estimate of drug-likeness (QED) is 0.592. The monoisotopic (exact) mass is 231 g/mol.